The van der Waals surface area contributed by atoms with E-state index in [9.17, 15) is 33.0 Å². The Bertz CT molecular complexity index is 1480. The summed E-state index contributed by atoms with van der Waals surface area (Å²) >= 11 is 2.06. The van der Waals surface area contributed by atoms with E-state index in [1.165, 1.54) is 35.9 Å². The number of rotatable bonds is 13. The van der Waals surface area contributed by atoms with E-state index in [2.05, 4.69) is 20.6 Å². The highest BCUT2D eigenvalue weighted by atomic mass is 32.1. The second kappa shape index (κ2) is 14.5. The first kappa shape index (κ1) is 31.3. The maximum Gasteiger partial charge on any atom is 0.263 e. The molecule has 4 aromatic rings. The van der Waals surface area contributed by atoms with Gasteiger partial charge in [-0.25, -0.2) is 23.1 Å². The van der Waals surface area contributed by atoms with E-state index in [1.54, 1.807) is 24.4 Å². The summed E-state index contributed by atoms with van der Waals surface area (Å²) in [5, 5.41) is 28.5. The highest BCUT2D eigenvalue weighted by molar-refractivity contribution is 7.16. The highest BCUT2D eigenvalue weighted by Gasteiger charge is 2.29. The number of hydrogen-bond acceptors (Lipinski definition) is 8. The molecular weight excluding hydrogens is 589 g/mol. The highest BCUT2D eigenvalue weighted by Crippen LogP contribution is 2.28. The number of nitrogens with one attached hydrogen (secondary N) is 2. The van der Waals surface area contributed by atoms with Crippen molar-refractivity contribution in [3.8, 4) is 10.6 Å². The summed E-state index contributed by atoms with van der Waals surface area (Å²) in [5.74, 6) is -2.99. The van der Waals surface area contributed by atoms with Crippen LogP contribution in [0.15, 0.2) is 60.2 Å². The average molecular weight is 619 g/mol. The van der Waals surface area contributed by atoms with Crippen LogP contribution in [0.3, 0.4) is 0 Å². The Labute approximate surface area is 248 Å². The summed E-state index contributed by atoms with van der Waals surface area (Å²) < 4.78 is 41.2. The van der Waals surface area contributed by atoms with E-state index in [1.807, 2.05) is 0 Å². The number of benzene rings is 2. The molecule has 0 spiro atoms. The van der Waals surface area contributed by atoms with Crippen LogP contribution in [0.2, 0.25) is 0 Å². The van der Waals surface area contributed by atoms with Crippen molar-refractivity contribution in [3.63, 3.8) is 0 Å². The lowest BCUT2D eigenvalue weighted by Crippen LogP contribution is -2.51. The van der Waals surface area contributed by atoms with Gasteiger partial charge in [-0.1, -0.05) is 12.1 Å². The van der Waals surface area contributed by atoms with Gasteiger partial charge in [-0.05, 0) is 68.5 Å². The Morgan fingerprint density at radius 1 is 0.952 bits per heavy atom. The van der Waals surface area contributed by atoms with Crippen molar-refractivity contribution in [2.75, 3.05) is 0 Å². The fourth-order valence-electron chi connectivity index (χ4n) is 4.19. The first-order valence-corrected chi connectivity index (χ1v) is 14.8. The molecule has 42 heavy (non-hydrogen) atoms. The number of hydrogen-bond donors (Lipinski definition) is 4. The number of aliphatic hydroxyl groups is 2. The van der Waals surface area contributed by atoms with E-state index in [0.717, 1.165) is 35.1 Å². The second-order valence-electron chi connectivity index (χ2n) is 9.70. The number of amides is 2. The average Bonchev–Trinajstić information content (AvgIpc) is 3.68. The van der Waals surface area contributed by atoms with Crippen LogP contribution >= 0.6 is 22.7 Å². The fourth-order valence-corrected chi connectivity index (χ4v) is 5.71. The molecule has 0 radical (unpaired) electrons. The normalized spacial score (nSPS) is 14.1. The van der Waals surface area contributed by atoms with E-state index in [-0.39, 0.29) is 40.5 Å². The molecule has 2 heterocycles. The minimum absolute atomic E-state index is 0.0687. The topological polar surface area (TPSA) is 124 Å². The summed E-state index contributed by atoms with van der Waals surface area (Å²) in [6.45, 7) is 1.55. The van der Waals surface area contributed by atoms with Gasteiger partial charge in [0.25, 0.3) is 5.91 Å². The number of aromatic nitrogens is 2. The summed E-state index contributed by atoms with van der Waals surface area (Å²) in [6.07, 6.45) is 1.82. The van der Waals surface area contributed by atoms with Crippen molar-refractivity contribution in [2.45, 2.75) is 56.9 Å². The largest absolute Gasteiger partial charge is 0.393 e. The standard InChI is InChI=1S/C29H29F3N4O4S2/c1-16(37)2-10-23(36-27(40)24-15-34-28(42-24)20-14-19(31)8-9-21(20)32)26(39)35-22(25(38)29-33-12-13-41-29)11-5-17-3-6-18(30)7-4-17/h3-4,6-9,12-16,22-23,25,37-38H,2,5,10-11H2,1H3,(H,35,39)(H,36,40)/t16?,22-,23-,25?/m0/s1. The predicted octanol–water partition coefficient (Wildman–Crippen LogP) is 4.79. The molecule has 2 aromatic carbocycles. The molecule has 222 valence electrons. The molecule has 0 fully saturated rings. The van der Waals surface area contributed by atoms with Gasteiger partial charge in [0.15, 0.2) is 0 Å². The Hall–Kier alpha value is -3.65. The number of nitrogens with zero attached hydrogens (tertiary/aromatic N) is 2. The molecule has 0 bridgehead atoms. The van der Waals surface area contributed by atoms with Gasteiger partial charge in [0.1, 0.15) is 44.5 Å². The zero-order valence-corrected chi connectivity index (χ0v) is 24.1. The number of carbonyl (C=O) groups excluding carboxylic acids is 2. The van der Waals surface area contributed by atoms with Crippen molar-refractivity contribution in [3.05, 3.63) is 93.1 Å². The van der Waals surface area contributed by atoms with Gasteiger partial charge >= 0.3 is 0 Å². The third kappa shape index (κ3) is 8.44. The SMILES string of the molecule is CC(O)CC[C@H](NC(=O)c1cnc(-c2cc(F)ccc2F)s1)C(=O)N[C@@H](CCc1ccc(F)cc1)C(O)c1nccs1. The Morgan fingerprint density at radius 3 is 2.38 bits per heavy atom. The van der Waals surface area contributed by atoms with E-state index in [4.69, 9.17) is 0 Å². The van der Waals surface area contributed by atoms with Crippen LogP contribution in [-0.4, -0.2) is 50.2 Å². The van der Waals surface area contributed by atoms with Crippen LogP contribution in [0.5, 0.6) is 0 Å². The summed E-state index contributed by atoms with van der Waals surface area (Å²) in [4.78, 5) is 34.9. The Morgan fingerprint density at radius 2 is 1.69 bits per heavy atom. The monoisotopic (exact) mass is 618 g/mol. The maximum absolute atomic E-state index is 14.2. The smallest absolute Gasteiger partial charge is 0.263 e. The molecule has 4 rings (SSSR count). The number of thiazole rings is 2. The van der Waals surface area contributed by atoms with E-state index in [0.29, 0.717) is 11.4 Å². The molecule has 0 aliphatic heterocycles. The van der Waals surface area contributed by atoms with Crippen molar-refractivity contribution in [1.82, 2.24) is 20.6 Å². The first-order valence-electron chi connectivity index (χ1n) is 13.1. The van der Waals surface area contributed by atoms with Gasteiger partial charge in [0.2, 0.25) is 5.91 Å². The second-order valence-corrected chi connectivity index (χ2v) is 11.7. The zero-order chi connectivity index (χ0) is 30.2. The number of aliphatic hydroxyl groups excluding tert-OH is 2. The molecule has 0 saturated heterocycles. The van der Waals surface area contributed by atoms with Crippen LogP contribution in [0.4, 0.5) is 13.2 Å². The predicted molar refractivity (Wildman–Crippen MR) is 153 cm³/mol. The van der Waals surface area contributed by atoms with Crippen molar-refractivity contribution < 1.29 is 33.0 Å². The van der Waals surface area contributed by atoms with Crippen LogP contribution < -0.4 is 10.6 Å². The molecule has 8 nitrogen and oxygen atoms in total. The van der Waals surface area contributed by atoms with Crippen LogP contribution in [0.1, 0.15) is 52.5 Å². The van der Waals surface area contributed by atoms with Crippen LogP contribution in [0.25, 0.3) is 10.6 Å². The molecule has 13 heteroatoms. The van der Waals surface area contributed by atoms with E-state index < -0.39 is 47.7 Å². The lowest BCUT2D eigenvalue weighted by molar-refractivity contribution is -0.125. The molecule has 2 aromatic heterocycles. The molecule has 0 aliphatic carbocycles. The number of carbonyl (C=O) groups is 2. The Kier molecular flexibility index (Phi) is 10.8. The third-order valence-electron chi connectivity index (χ3n) is 6.45. The fraction of sp³-hybridized carbons (Fsp3) is 0.310. The van der Waals surface area contributed by atoms with Crippen molar-refractivity contribution in [2.24, 2.45) is 0 Å². The third-order valence-corrected chi connectivity index (χ3v) is 8.33. The molecule has 2 amide bonds. The lowest BCUT2D eigenvalue weighted by Gasteiger charge is -2.26. The molecular formula is C29H29F3N4O4S2. The zero-order valence-electron chi connectivity index (χ0n) is 22.5. The quantitative estimate of drug-likeness (QED) is 0.171. The van der Waals surface area contributed by atoms with Gasteiger partial charge in [-0.3, -0.25) is 9.59 Å². The molecule has 0 aliphatic rings. The molecule has 2 unspecified atom stereocenters. The Balaban J connectivity index is 1.50. The van der Waals surface area contributed by atoms with Crippen molar-refractivity contribution in [1.29, 1.82) is 0 Å². The first-order chi connectivity index (χ1) is 20.1. The molecule has 0 saturated carbocycles. The van der Waals surface area contributed by atoms with Crippen molar-refractivity contribution >= 4 is 34.5 Å². The lowest BCUT2D eigenvalue weighted by atomic mass is 10.00. The maximum atomic E-state index is 14.2. The molecule has 4 N–H and O–H groups in total. The molecule has 4 atom stereocenters. The van der Waals surface area contributed by atoms with Gasteiger partial charge in [-0.15, -0.1) is 22.7 Å². The number of halogens is 3. The number of aryl methyl sites for hydroxylation is 1. The van der Waals surface area contributed by atoms with Crippen LogP contribution in [0, 0.1) is 17.5 Å². The van der Waals surface area contributed by atoms with Gasteiger partial charge in [-0.2, -0.15) is 0 Å². The van der Waals surface area contributed by atoms with Gasteiger partial charge < -0.3 is 20.8 Å². The summed E-state index contributed by atoms with van der Waals surface area (Å²) in [7, 11) is 0. The summed E-state index contributed by atoms with van der Waals surface area (Å²) in [5.41, 5.74) is 0.708. The van der Waals surface area contributed by atoms with Crippen LogP contribution in [-0.2, 0) is 11.2 Å². The van der Waals surface area contributed by atoms with Gasteiger partial charge in [0.05, 0.1) is 18.3 Å². The van der Waals surface area contributed by atoms with Gasteiger partial charge in [0, 0.05) is 17.1 Å². The minimum Gasteiger partial charge on any atom is -0.393 e. The summed E-state index contributed by atoms with van der Waals surface area (Å²) in [6, 6.07) is 6.92. The van der Waals surface area contributed by atoms with E-state index >= 15 is 0 Å². The minimum atomic E-state index is -1.15.